The van der Waals surface area contributed by atoms with E-state index in [9.17, 15) is 4.79 Å². The number of piperidine rings is 1. The van der Waals surface area contributed by atoms with Crippen LogP contribution in [-0.2, 0) is 4.79 Å². The number of likely N-dealkylation sites (tertiary alicyclic amines) is 1. The van der Waals surface area contributed by atoms with Gasteiger partial charge in [-0.05, 0) is 38.9 Å². The molecule has 1 rings (SSSR count). The molecular weight excluding hydrogens is 248 g/mol. The first-order valence-corrected chi connectivity index (χ1v) is 8.69. The lowest BCUT2D eigenvalue weighted by Crippen LogP contribution is -2.34. The molecule has 0 atom stereocenters. The molecule has 1 fully saturated rings. The number of nitrogens with zero attached hydrogens (tertiary/aromatic N) is 1. The molecule has 0 spiro atoms. The molecule has 0 aromatic heterocycles. The Labute approximate surface area is 126 Å². The zero-order valence-electron chi connectivity index (χ0n) is 14.0. The molecule has 0 radical (unpaired) electrons. The first-order chi connectivity index (χ1) is 9.74. The quantitative estimate of drug-likeness (QED) is 0.656. The summed E-state index contributed by atoms with van der Waals surface area (Å²) in [4.78, 5) is 13.2. The maximum absolute atomic E-state index is 10.9. The van der Waals surface area contributed by atoms with E-state index in [0.29, 0.717) is 5.78 Å². The second kappa shape index (κ2) is 15.0. The van der Waals surface area contributed by atoms with Crippen molar-refractivity contribution in [2.24, 2.45) is 0 Å². The van der Waals surface area contributed by atoms with E-state index in [0.717, 1.165) is 25.9 Å². The smallest absolute Gasteiger partial charge is 0.135 e. The van der Waals surface area contributed by atoms with E-state index in [1.54, 1.807) is 0 Å². The summed E-state index contributed by atoms with van der Waals surface area (Å²) in [6.07, 6.45) is 9.34. The van der Waals surface area contributed by atoms with E-state index >= 15 is 0 Å². The predicted molar refractivity (Wildman–Crippen MR) is 88.3 cm³/mol. The standard InChI is InChI=1S/C9H17NO.C8H19N/c1-2-3-6-10-7-4-9(11)5-8-10;1-3-5-7-9-8-6-4-2/h2-8H2,1H3;9H,3-8H2,1-2H3. The van der Waals surface area contributed by atoms with Gasteiger partial charge in [-0.1, -0.05) is 40.0 Å². The maximum Gasteiger partial charge on any atom is 0.135 e. The summed E-state index contributed by atoms with van der Waals surface area (Å²) in [6.45, 7) is 12.2. The first kappa shape index (κ1) is 19.6. The lowest BCUT2D eigenvalue weighted by atomic mass is 10.1. The van der Waals surface area contributed by atoms with Crippen molar-refractivity contribution in [3.8, 4) is 0 Å². The summed E-state index contributed by atoms with van der Waals surface area (Å²) in [5.74, 6) is 0.442. The van der Waals surface area contributed by atoms with Crippen LogP contribution in [-0.4, -0.2) is 43.4 Å². The second-order valence-corrected chi connectivity index (χ2v) is 5.69. The van der Waals surface area contributed by atoms with Crippen molar-refractivity contribution in [2.45, 2.75) is 72.1 Å². The van der Waals surface area contributed by atoms with Crippen LogP contribution in [0.1, 0.15) is 72.1 Å². The van der Waals surface area contributed by atoms with E-state index in [4.69, 9.17) is 0 Å². The molecule has 20 heavy (non-hydrogen) atoms. The van der Waals surface area contributed by atoms with Crippen LogP contribution in [0, 0.1) is 0 Å². The van der Waals surface area contributed by atoms with Gasteiger partial charge in [0.25, 0.3) is 0 Å². The number of unbranched alkanes of at least 4 members (excludes halogenated alkanes) is 3. The summed E-state index contributed by atoms with van der Waals surface area (Å²) < 4.78 is 0. The molecule has 0 unspecified atom stereocenters. The largest absolute Gasteiger partial charge is 0.317 e. The Morgan fingerprint density at radius 2 is 1.40 bits per heavy atom. The van der Waals surface area contributed by atoms with Crippen LogP contribution in [0.3, 0.4) is 0 Å². The van der Waals surface area contributed by atoms with E-state index in [-0.39, 0.29) is 0 Å². The highest BCUT2D eigenvalue weighted by Crippen LogP contribution is 2.06. The highest BCUT2D eigenvalue weighted by atomic mass is 16.1. The SMILES string of the molecule is CCCCN1CCC(=O)CC1.CCCCNCCCC. The van der Waals surface area contributed by atoms with Crippen LogP contribution in [0.25, 0.3) is 0 Å². The van der Waals surface area contributed by atoms with Crippen LogP contribution >= 0.6 is 0 Å². The molecule has 3 nitrogen and oxygen atoms in total. The molecule has 0 aromatic rings. The average molecular weight is 284 g/mol. The molecule has 120 valence electrons. The monoisotopic (exact) mass is 284 g/mol. The van der Waals surface area contributed by atoms with Gasteiger partial charge in [-0.15, -0.1) is 0 Å². The van der Waals surface area contributed by atoms with Crippen molar-refractivity contribution in [1.29, 1.82) is 0 Å². The van der Waals surface area contributed by atoms with Gasteiger partial charge in [0.2, 0.25) is 0 Å². The van der Waals surface area contributed by atoms with Crippen molar-refractivity contribution < 1.29 is 4.79 Å². The van der Waals surface area contributed by atoms with E-state index in [1.807, 2.05) is 0 Å². The van der Waals surface area contributed by atoms with E-state index in [2.05, 4.69) is 31.0 Å². The number of rotatable bonds is 9. The molecule has 0 saturated carbocycles. The number of Topliss-reactive ketones (excluding diaryl/α,β-unsaturated/α-hetero) is 1. The highest BCUT2D eigenvalue weighted by Gasteiger charge is 2.14. The highest BCUT2D eigenvalue weighted by molar-refractivity contribution is 5.79. The van der Waals surface area contributed by atoms with Crippen molar-refractivity contribution in [3.05, 3.63) is 0 Å². The summed E-state index contributed by atoms with van der Waals surface area (Å²) in [5.41, 5.74) is 0. The van der Waals surface area contributed by atoms with Crippen LogP contribution < -0.4 is 5.32 Å². The van der Waals surface area contributed by atoms with E-state index < -0.39 is 0 Å². The van der Waals surface area contributed by atoms with Gasteiger partial charge in [-0.2, -0.15) is 0 Å². The maximum atomic E-state index is 10.9. The Kier molecular flexibility index (Phi) is 14.7. The fourth-order valence-electron chi connectivity index (χ4n) is 2.14. The fraction of sp³-hybridized carbons (Fsp3) is 0.941. The summed E-state index contributed by atoms with van der Waals surface area (Å²) in [5, 5.41) is 3.39. The summed E-state index contributed by atoms with van der Waals surface area (Å²) in [6, 6.07) is 0. The van der Waals surface area contributed by atoms with Crippen LogP contribution in [0.2, 0.25) is 0 Å². The first-order valence-electron chi connectivity index (χ1n) is 8.69. The van der Waals surface area contributed by atoms with Crippen LogP contribution in [0.5, 0.6) is 0 Å². The van der Waals surface area contributed by atoms with E-state index in [1.165, 1.54) is 58.2 Å². The summed E-state index contributed by atoms with van der Waals surface area (Å²) >= 11 is 0. The van der Waals surface area contributed by atoms with Gasteiger partial charge in [0, 0.05) is 25.9 Å². The van der Waals surface area contributed by atoms with Crippen molar-refractivity contribution in [3.63, 3.8) is 0 Å². The van der Waals surface area contributed by atoms with Gasteiger partial charge in [-0.3, -0.25) is 4.79 Å². The molecule has 3 heteroatoms. The van der Waals surface area contributed by atoms with Gasteiger partial charge in [-0.25, -0.2) is 0 Å². The van der Waals surface area contributed by atoms with Crippen molar-refractivity contribution >= 4 is 5.78 Å². The molecule has 0 bridgehead atoms. The molecule has 1 aliphatic rings. The Balaban J connectivity index is 0.000000370. The van der Waals surface area contributed by atoms with Crippen LogP contribution in [0.15, 0.2) is 0 Å². The topological polar surface area (TPSA) is 32.3 Å². The summed E-state index contributed by atoms with van der Waals surface area (Å²) in [7, 11) is 0. The Morgan fingerprint density at radius 1 is 0.900 bits per heavy atom. The molecule has 0 aliphatic carbocycles. The third kappa shape index (κ3) is 12.6. The molecule has 1 aliphatic heterocycles. The number of hydrogen-bond donors (Lipinski definition) is 1. The van der Waals surface area contributed by atoms with Gasteiger partial charge >= 0.3 is 0 Å². The van der Waals surface area contributed by atoms with Crippen LogP contribution in [0.4, 0.5) is 0 Å². The van der Waals surface area contributed by atoms with Crippen molar-refractivity contribution in [1.82, 2.24) is 10.2 Å². The molecule has 1 heterocycles. The lowest BCUT2D eigenvalue weighted by Gasteiger charge is -2.25. The third-order valence-electron chi connectivity index (χ3n) is 3.66. The molecular formula is C17H36N2O. The second-order valence-electron chi connectivity index (χ2n) is 5.69. The third-order valence-corrected chi connectivity index (χ3v) is 3.66. The Morgan fingerprint density at radius 3 is 1.85 bits per heavy atom. The number of nitrogens with one attached hydrogen (secondary N) is 1. The zero-order chi connectivity index (χ0) is 15.1. The van der Waals surface area contributed by atoms with Gasteiger partial charge in [0.05, 0.1) is 0 Å². The number of ketones is 1. The van der Waals surface area contributed by atoms with Gasteiger partial charge < -0.3 is 10.2 Å². The molecule has 0 aromatic carbocycles. The number of hydrogen-bond acceptors (Lipinski definition) is 3. The minimum atomic E-state index is 0.442. The number of carbonyl (C=O) groups is 1. The predicted octanol–water partition coefficient (Wildman–Crippen LogP) is 3.63. The molecule has 1 saturated heterocycles. The average Bonchev–Trinajstić information content (AvgIpc) is 2.47. The van der Waals surface area contributed by atoms with Gasteiger partial charge in [0.15, 0.2) is 0 Å². The minimum absolute atomic E-state index is 0.442. The fourth-order valence-corrected chi connectivity index (χ4v) is 2.14. The number of carbonyl (C=O) groups excluding carboxylic acids is 1. The zero-order valence-corrected chi connectivity index (χ0v) is 14.0. The normalized spacial score (nSPS) is 15.8. The van der Waals surface area contributed by atoms with Gasteiger partial charge in [0.1, 0.15) is 5.78 Å². The van der Waals surface area contributed by atoms with Crippen molar-refractivity contribution in [2.75, 3.05) is 32.7 Å². The Bertz CT molecular complexity index is 203. The minimum Gasteiger partial charge on any atom is -0.317 e. The molecule has 0 amide bonds. The Hall–Kier alpha value is -0.410. The molecule has 1 N–H and O–H groups in total. The lowest BCUT2D eigenvalue weighted by molar-refractivity contribution is -0.121.